The van der Waals surface area contributed by atoms with Crippen LogP contribution in [-0.2, 0) is 16.0 Å². The van der Waals surface area contributed by atoms with Crippen LogP contribution in [0.1, 0.15) is 12.3 Å². The van der Waals surface area contributed by atoms with Crippen LogP contribution in [0.3, 0.4) is 0 Å². The Morgan fingerprint density at radius 3 is 2.74 bits per heavy atom. The van der Waals surface area contributed by atoms with Crippen molar-refractivity contribution in [3.8, 4) is 11.3 Å². The van der Waals surface area contributed by atoms with Crippen molar-refractivity contribution < 1.29 is 19.1 Å². The summed E-state index contributed by atoms with van der Waals surface area (Å²) in [6.45, 7) is -0.337. The molecule has 1 amide bonds. The van der Waals surface area contributed by atoms with E-state index in [0.717, 1.165) is 4.90 Å². The van der Waals surface area contributed by atoms with Crippen molar-refractivity contribution in [3.05, 3.63) is 40.3 Å². The van der Waals surface area contributed by atoms with Crippen LogP contribution in [0, 0.1) is 0 Å². The second kappa shape index (κ2) is 7.48. The number of aryl methyl sites for hydroxylation is 1. The molecule has 0 bridgehead atoms. The molecule has 6 nitrogen and oxygen atoms in total. The lowest BCUT2D eigenvalue weighted by Crippen LogP contribution is -2.32. The smallest absolute Gasteiger partial charge is 0.323 e. The number of nitrogens with zero attached hydrogens (tertiary/aromatic N) is 2. The predicted molar refractivity (Wildman–Crippen MR) is 85.6 cm³/mol. The van der Waals surface area contributed by atoms with Crippen molar-refractivity contribution in [1.82, 2.24) is 9.88 Å². The molecule has 0 aliphatic rings. The molecular formula is C15H14Cl2N2O4. The Hall–Kier alpha value is -2.05. The lowest BCUT2D eigenvalue weighted by atomic mass is 10.2. The number of amides is 1. The third kappa shape index (κ3) is 4.71. The van der Waals surface area contributed by atoms with Crippen LogP contribution in [0.25, 0.3) is 11.3 Å². The van der Waals surface area contributed by atoms with Gasteiger partial charge in [-0.25, -0.2) is 4.98 Å². The van der Waals surface area contributed by atoms with Gasteiger partial charge >= 0.3 is 5.97 Å². The number of halogens is 2. The number of rotatable bonds is 6. The van der Waals surface area contributed by atoms with Gasteiger partial charge in [0.05, 0.1) is 11.2 Å². The molecule has 1 heterocycles. The fourth-order valence-electron chi connectivity index (χ4n) is 1.94. The molecular weight excluding hydrogens is 343 g/mol. The summed E-state index contributed by atoms with van der Waals surface area (Å²) in [5, 5.41) is 9.61. The van der Waals surface area contributed by atoms with E-state index in [0.29, 0.717) is 27.3 Å². The molecule has 2 rings (SSSR count). The SMILES string of the molecule is CN(CC(=O)O)C(=O)CCc1ncc(-c2ccc(Cl)cc2Cl)o1. The van der Waals surface area contributed by atoms with Crippen LogP contribution >= 0.6 is 23.2 Å². The highest BCUT2D eigenvalue weighted by Crippen LogP contribution is 2.30. The second-order valence-electron chi connectivity index (χ2n) is 4.89. The average Bonchev–Trinajstić information content (AvgIpc) is 2.92. The third-order valence-corrected chi connectivity index (χ3v) is 3.65. The Morgan fingerprint density at radius 2 is 2.09 bits per heavy atom. The van der Waals surface area contributed by atoms with E-state index in [4.69, 9.17) is 32.7 Å². The van der Waals surface area contributed by atoms with Gasteiger partial charge in [-0.15, -0.1) is 0 Å². The number of carboxylic acid groups (broad SMARTS) is 1. The fourth-order valence-corrected chi connectivity index (χ4v) is 2.44. The van der Waals surface area contributed by atoms with Crippen molar-refractivity contribution >= 4 is 35.1 Å². The van der Waals surface area contributed by atoms with Crippen molar-refractivity contribution in [2.45, 2.75) is 12.8 Å². The molecule has 0 unspecified atom stereocenters. The number of carbonyl (C=O) groups is 2. The van der Waals surface area contributed by atoms with Gasteiger partial charge in [0.25, 0.3) is 0 Å². The van der Waals surface area contributed by atoms with E-state index in [2.05, 4.69) is 4.98 Å². The standard InChI is InChI=1S/C15H14Cl2N2O4/c1-19(8-15(21)22)14(20)5-4-13-18-7-12(23-13)10-3-2-9(16)6-11(10)17/h2-3,6-7H,4-5,8H2,1H3,(H,21,22). The number of benzene rings is 1. The summed E-state index contributed by atoms with van der Waals surface area (Å²) in [7, 11) is 1.44. The lowest BCUT2D eigenvalue weighted by molar-refractivity contribution is -0.143. The number of oxazole rings is 1. The Kier molecular flexibility index (Phi) is 5.63. The van der Waals surface area contributed by atoms with Gasteiger partial charge in [-0.05, 0) is 18.2 Å². The predicted octanol–water partition coefficient (Wildman–Crippen LogP) is 3.12. The zero-order valence-electron chi connectivity index (χ0n) is 12.3. The van der Waals surface area contributed by atoms with Crippen LogP contribution in [0.15, 0.2) is 28.8 Å². The fraction of sp³-hybridized carbons (Fsp3) is 0.267. The lowest BCUT2D eigenvalue weighted by Gasteiger charge is -2.13. The molecule has 8 heteroatoms. The largest absolute Gasteiger partial charge is 0.480 e. The first-order chi connectivity index (χ1) is 10.9. The molecule has 1 aromatic carbocycles. The molecule has 0 saturated carbocycles. The van der Waals surface area contributed by atoms with Crippen LogP contribution < -0.4 is 0 Å². The Bertz CT molecular complexity index is 730. The van der Waals surface area contributed by atoms with Crippen LogP contribution in [0.5, 0.6) is 0 Å². The van der Waals surface area contributed by atoms with Crippen molar-refractivity contribution in [3.63, 3.8) is 0 Å². The van der Waals surface area contributed by atoms with Crippen LogP contribution in [0.2, 0.25) is 10.0 Å². The number of carbonyl (C=O) groups excluding carboxylic acids is 1. The van der Waals surface area contributed by atoms with Gasteiger partial charge in [0.2, 0.25) is 5.91 Å². The van der Waals surface area contributed by atoms with E-state index in [-0.39, 0.29) is 25.3 Å². The maximum Gasteiger partial charge on any atom is 0.323 e. The first-order valence-electron chi connectivity index (χ1n) is 6.72. The first-order valence-corrected chi connectivity index (χ1v) is 7.48. The summed E-state index contributed by atoms with van der Waals surface area (Å²) in [6.07, 6.45) is 1.90. The topological polar surface area (TPSA) is 83.6 Å². The van der Waals surface area contributed by atoms with Gasteiger partial charge in [-0.3, -0.25) is 9.59 Å². The van der Waals surface area contributed by atoms with E-state index in [9.17, 15) is 9.59 Å². The molecule has 0 fully saturated rings. The summed E-state index contributed by atoms with van der Waals surface area (Å²) in [6, 6.07) is 5.02. The molecule has 0 spiro atoms. The monoisotopic (exact) mass is 356 g/mol. The van der Waals surface area contributed by atoms with E-state index in [1.54, 1.807) is 18.2 Å². The molecule has 122 valence electrons. The number of carboxylic acids is 1. The van der Waals surface area contributed by atoms with E-state index in [1.807, 2.05) is 0 Å². The average molecular weight is 357 g/mol. The van der Waals surface area contributed by atoms with Gasteiger partial charge < -0.3 is 14.4 Å². The number of aliphatic carboxylic acids is 1. The molecule has 1 N–H and O–H groups in total. The zero-order chi connectivity index (χ0) is 17.0. The summed E-state index contributed by atoms with van der Waals surface area (Å²) in [5.41, 5.74) is 0.657. The summed E-state index contributed by atoms with van der Waals surface area (Å²) in [5.74, 6) is -0.496. The van der Waals surface area contributed by atoms with Gasteiger partial charge in [0.1, 0.15) is 6.54 Å². The Morgan fingerprint density at radius 1 is 1.35 bits per heavy atom. The normalized spacial score (nSPS) is 10.6. The summed E-state index contributed by atoms with van der Waals surface area (Å²) < 4.78 is 5.58. The zero-order valence-corrected chi connectivity index (χ0v) is 13.8. The van der Waals surface area contributed by atoms with Crippen LogP contribution in [-0.4, -0.2) is 40.5 Å². The maximum absolute atomic E-state index is 11.8. The van der Waals surface area contributed by atoms with Crippen LogP contribution in [0.4, 0.5) is 0 Å². The maximum atomic E-state index is 11.8. The van der Waals surface area contributed by atoms with E-state index >= 15 is 0 Å². The van der Waals surface area contributed by atoms with Crippen molar-refractivity contribution in [2.24, 2.45) is 0 Å². The second-order valence-corrected chi connectivity index (χ2v) is 5.73. The van der Waals surface area contributed by atoms with Gasteiger partial charge in [-0.1, -0.05) is 23.2 Å². The number of hydrogen-bond donors (Lipinski definition) is 1. The quantitative estimate of drug-likeness (QED) is 0.859. The highest BCUT2D eigenvalue weighted by Gasteiger charge is 2.15. The Labute approximate surface area is 142 Å². The van der Waals surface area contributed by atoms with Gasteiger partial charge in [-0.2, -0.15) is 0 Å². The molecule has 0 radical (unpaired) electrons. The Balaban J connectivity index is 2.00. The molecule has 2 aromatic rings. The highest BCUT2D eigenvalue weighted by atomic mass is 35.5. The molecule has 23 heavy (non-hydrogen) atoms. The van der Waals surface area contributed by atoms with Crippen molar-refractivity contribution in [1.29, 1.82) is 0 Å². The molecule has 0 aliphatic heterocycles. The van der Waals surface area contributed by atoms with Gasteiger partial charge in [0.15, 0.2) is 11.7 Å². The number of likely N-dealkylation sites (N-methyl/N-ethyl adjacent to an activating group) is 1. The minimum Gasteiger partial charge on any atom is -0.480 e. The molecule has 0 saturated heterocycles. The van der Waals surface area contributed by atoms with E-state index < -0.39 is 5.97 Å². The number of hydrogen-bond acceptors (Lipinski definition) is 4. The number of aromatic nitrogens is 1. The summed E-state index contributed by atoms with van der Waals surface area (Å²) >= 11 is 11.9. The molecule has 0 atom stereocenters. The van der Waals surface area contributed by atoms with Crippen molar-refractivity contribution in [2.75, 3.05) is 13.6 Å². The summed E-state index contributed by atoms with van der Waals surface area (Å²) in [4.78, 5) is 27.6. The molecule has 0 aliphatic carbocycles. The molecule has 1 aromatic heterocycles. The minimum atomic E-state index is -1.06. The first kappa shape index (κ1) is 17.3. The highest BCUT2D eigenvalue weighted by molar-refractivity contribution is 6.36. The van der Waals surface area contributed by atoms with E-state index in [1.165, 1.54) is 13.2 Å². The minimum absolute atomic E-state index is 0.109. The van der Waals surface area contributed by atoms with Gasteiger partial charge in [0, 0.05) is 30.5 Å². The third-order valence-electron chi connectivity index (χ3n) is 3.10.